The lowest BCUT2D eigenvalue weighted by molar-refractivity contribution is -0.115. The van der Waals surface area contributed by atoms with Crippen LogP contribution < -0.4 is 15.8 Å². The topological polar surface area (TPSA) is 89.6 Å². The Hall–Kier alpha value is -3.43. The number of rotatable bonds is 9. The predicted molar refractivity (Wildman–Crippen MR) is 129 cm³/mol. The van der Waals surface area contributed by atoms with Crippen molar-refractivity contribution < 1.29 is 13.9 Å². The van der Waals surface area contributed by atoms with Crippen LogP contribution in [0.4, 0.5) is 5.69 Å². The Balaban J connectivity index is 1.37. The number of aryl methyl sites for hydroxylation is 1. The first kappa shape index (κ1) is 22.8. The second kappa shape index (κ2) is 10.0. The van der Waals surface area contributed by atoms with Gasteiger partial charge in [-0.1, -0.05) is 17.7 Å². The van der Waals surface area contributed by atoms with Crippen molar-refractivity contribution >= 4 is 34.0 Å². The molecule has 0 radical (unpaired) electrons. The molecule has 1 N–H and O–H groups in total. The summed E-state index contributed by atoms with van der Waals surface area (Å²) < 4.78 is 12.6. The molecule has 2 heterocycles. The normalized spacial score (nSPS) is 11.3. The summed E-state index contributed by atoms with van der Waals surface area (Å²) in [5, 5.41) is 5.56. The minimum absolute atomic E-state index is 0.151. The third kappa shape index (κ3) is 5.88. The van der Waals surface area contributed by atoms with Gasteiger partial charge in [0.1, 0.15) is 17.4 Å². The van der Waals surface area contributed by atoms with Gasteiger partial charge in [-0.15, -0.1) is 11.3 Å². The Bertz CT molecular complexity index is 1300. The van der Waals surface area contributed by atoms with Gasteiger partial charge in [-0.3, -0.25) is 9.36 Å². The molecule has 0 saturated carbocycles. The maximum Gasteiger partial charge on any atom is 0.419 e. The molecule has 172 valence electrons. The maximum absolute atomic E-state index is 12.6. The van der Waals surface area contributed by atoms with Crippen molar-refractivity contribution in [3.05, 3.63) is 74.7 Å². The summed E-state index contributed by atoms with van der Waals surface area (Å²) in [6.45, 7) is 3.59. The number of oxazole rings is 1. The molecule has 4 rings (SSSR count). The van der Waals surface area contributed by atoms with E-state index in [0.29, 0.717) is 42.2 Å². The number of carbonyl (C=O) groups excluding carboxylic acids is 1. The summed E-state index contributed by atoms with van der Waals surface area (Å²) in [6.07, 6.45) is 0.151. The molecule has 8 nitrogen and oxygen atoms in total. The van der Waals surface area contributed by atoms with Crippen molar-refractivity contribution in [2.24, 2.45) is 0 Å². The van der Waals surface area contributed by atoms with Crippen molar-refractivity contribution in [1.82, 2.24) is 14.5 Å². The van der Waals surface area contributed by atoms with Gasteiger partial charge >= 0.3 is 5.76 Å². The highest BCUT2D eigenvalue weighted by Gasteiger charge is 2.13. The van der Waals surface area contributed by atoms with E-state index in [9.17, 15) is 9.59 Å². The second-order valence-electron chi connectivity index (χ2n) is 8.06. The van der Waals surface area contributed by atoms with Gasteiger partial charge in [-0.25, -0.2) is 9.78 Å². The molecular weight excluding hydrogens is 440 g/mol. The number of carbonyl (C=O) groups is 1. The van der Waals surface area contributed by atoms with Gasteiger partial charge in [0.15, 0.2) is 5.58 Å². The van der Waals surface area contributed by atoms with Gasteiger partial charge in [0.2, 0.25) is 5.91 Å². The molecule has 1 amide bonds. The smallest absolute Gasteiger partial charge is 0.419 e. The van der Waals surface area contributed by atoms with Crippen LogP contribution in [-0.4, -0.2) is 41.0 Å². The van der Waals surface area contributed by atoms with E-state index >= 15 is 0 Å². The van der Waals surface area contributed by atoms with E-state index in [2.05, 4.69) is 10.3 Å². The molecule has 9 heteroatoms. The quantitative estimate of drug-likeness (QED) is 0.405. The highest BCUT2D eigenvalue weighted by Crippen LogP contribution is 2.20. The summed E-state index contributed by atoms with van der Waals surface area (Å²) in [5.74, 6) is 0.198. The molecule has 4 aromatic rings. The van der Waals surface area contributed by atoms with Gasteiger partial charge in [-0.2, -0.15) is 0 Å². The van der Waals surface area contributed by atoms with Gasteiger partial charge in [0.05, 0.1) is 17.6 Å². The van der Waals surface area contributed by atoms with Crippen LogP contribution in [0.5, 0.6) is 5.75 Å². The number of amides is 1. The number of nitrogens with one attached hydrogen (secondary N) is 1. The van der Waals surface area contributed by atoms with Gasteiger partial charge in [0, 0.05) is 24.2 Å². The molecule has 0 spiro atoms. The van der Waals surface area contributed by atoms with Gasteiger partial charge < -0.3 is 19.4 Å². The fourth-order valence-electron chi connectivity index (χ4n) is 3.30. The average Bonchev–Trinajstić information content (AvgIpc) is 3.34. The first-order valence-corrected chi connectivity index (χ1v) is 11.5. The van der Waals surface area contributed by atoms with Crippen LogP contribution in [0.25, 0.3) is 11.1 Å². The fraction of sp³-hybridized carbons (Fsp3) is 0.292. The number of anilines is 1. The molecule has 2 aromatic carbocycles. The number of aromatic nitrogens is 2. The predicted octanol–water partition coefficient (Wildman–Crippen LogP) is 3.68. The summed E-state index contributed by atoms with van der Waals surface area (Å²) >= 11 is 1.46. The molecule has 33 heavy (non-hydrogen) atoms. The molecule has 0 aliphatic heterocycles. The molecule has 0 fully saturated rings. The third-order valence-electron chi connectivity index (χ3n) is 5.05. The highest BCUT2D eigenvalue weighted by atomic mass is 32.1. The molecule has 0 aliphatic carbocycles. The van der Waals surface area contributed by atoms with Crippen LogP contribution in [-0.2, 0) is 24.4 Å². The van der Waals surface area contributed by atoms with E-state index in [0.717, 1.165) is 10.8 Å². The Morgan fingerprint density at radius 1 is 1.21 bits per heavy atom. The number of nitrogens with zero attached hydrogens (tertiary/aromatic N) is 3. The van der Waals surface area contributed by atoms with E-state index in [1.165, 1.54) is 16.9 Å². The molecule has 0 unspecified atom stereocenters. The lowest BCUT2D eigenvalue weighted by Crippen LogP contribution is -2.23. The summed E-state index contributed by atoms with van der Waals surface area (Å²) in [4.78, 5) is 31.2. The largest absolute Gasteiger partial charge is 0.486 e. The molecular formula is C24H26N4O4S. The molecule has 0 aliphatic rings. The second-order valence-corrected chi connectivity index (χ2v) is 9.01. The van der Waals surface area contributed by atoms with Crippen molar-refractivity contribution in [1.29, 1.82) is 0 Å². The number of benzene rings is 2. The van der Waals surface area contributed by atoms with Crippen molar-refractivity contribution in [2.45, 2.75) is 26.5 Å². The van der Waals surface area contributed by atoms with Gasteiger partial charge in [0.25, 0.3) is 0 Å². The summed E-state index contributed by atoms with van der Waals surface area (Å²) in [5.41, 5.74) is 3.62. The lowest BCUT2D eigenvalue weighted by Gasteiger charge is -2.10. The molecule has 0 atom stereocenters. The minimum atomic E-state index is -0.404. The fourth-order valence-corrected chi connectivity index (χ4v) is 4.00. The zero-order valence-electron chi connectivity index (χ0n) is 18.8. The number of ether oxygens (including phenoxy) is 1. The van der Waals surface area contributed by atoms with Crippen molar-refractivity contribution in [3.63, 3.8) is 0 Å². The zero-order valence-corrected chi connectivity index (χ0v) is 19.6. The number of hydrogen-bond donors (Lipinski definition) is 1. The van der Waals surface area contributed by atoms with E-state index in [1.807, 2.05) is 55.6 Å². The zero-order chi connectivity index (χ0) is 23.4. The lowest BCUT2D eigenvalue weighted by atomic mass is 10.2. The first-order valence-electron chi connectivity index (χ1n) is 10.6. The number of thiazole rings is 1. The van der Waals surface area contributed by atoms with E-state index in [-0.39, 0.29) is 12.3 Å². The monoisotopic (exact) mass is 466 g/mol. The van der Waals surface area contributed by atoms with Crippen LogP contribution >= 0.6 is 11.3 Å². The number of fused-ring (bicyclic) bond motifs is 1. The summed E-state index contributed by atoms with van der Waals surface area (Å²) in [7, 11) is 3.88. The minimum Gasteiger partial charge on any atom is -0.486 e. The SMILES string of the molecule is Cc1ccc(OCc2nc(CC(=O)Nc3ccc4oc(=O)n(CCN(C)C)c4c3)cs2)cc1. The van der Waals surface area contributed by atoms with E-state index < -0.39 is 5.76 Å². The highest BCUT2D eigenvalue weighted by molar-refractivity contribution is 7.09. The maximum atomic E-state index is 12.6. The van der Waals surface area contributed by atoms with Crippen LogP contribution in [0.2, 0.25) is 0 Å². The molecule has 2 aromatic heterocycles. The van der Waals surface area contributed by atoms with Crippen LogP contribution in [0.1, 0.15) is 16.3 Å². The van der Waals surface area contributed by atoms with Crippen LogP contribution in [0.3, 0.4) is 0 Å². The Morgan fingerprint density at radius 3 is 2.76 bits per heavy atom. The van der Waals surface area contributed by atoms with E-state index in [1.54, 1.807) is 22.8 Å². The number of hydrogen-bond acceptors (Lipinski definition) is 7. The van der Waals surface area contributed by atoms with E-state index in [4.69, 9.17) is 9.15 Å². The Kier molecular flexibility index (Phi) is 6.90. The molecule has 0 saturated heterocycles. The Morgan fingerprint density at radius 2 is 2.00 bits per heavy atom. The molecule has 0 bridgehead atoms. The summed E-state index contributed by atoms with van der Waals surface area (Å²) in [6, 6.07) is 13.0. The van der Waals surface area contributed by atoms with Crippen molar-refractivity contribution in [2.75, 3.05) is 26.0 Å². The van der Waals surface area contributed by atoms with Gasteiger partial charge in [-0.05, 0) is 51.4 Å². The van der Waals surface area contributed by atoms with Crippen LogP contribution in [0.15, 0.2) is 57.1 Å². The standard InChI is InChI=1S/C24H26N4O4S/c1-16-4-7-19(8-5-16)31-14-23-26-18(15-33-23)13-22(29)25-17-6-9-21-20(12-17)28(24(30)32-21)11-10-27(2)3/h4-9,12,15H,10-11,13-14H2,1-3H3,(H,25,29). The third-order valence-corrected chi connectivity index (χ3v) is 5.92. The average molecular weight is 467 g/mol. The Labute approximate surface area is 195 Å². The first-order chi connectivity index (χ1) is 15.9. The van der Waals surface area contributed by atoms with Crippen molar-refractivity contribution in [3.8, 4) is 5.75 Å². The number of likely N-dealkylation sites (N-methyl/N-ethyl adjacent to an activating group) is 1. The van der Waals surface area contributed by atoms with Crippen LogP contribution in [0, 0.1) is 6.92 Å².